The number of rotatable bonds is 0. The zero-order valence-corrected chi connectivity index (χ0v) is 8.02. The van der Waals surface area contributed by atoms with E-state index in [4.69, 9.17) is 5.26 Å². The highest BCUT2D eigenvalue weighted by Gasteiger charge is 2.31. The van der Waals surface area contributed by atoms with Gasteiger partial charge in [0.05, 0.1) is 11.5 Å². The van der Waals surface area contributed by atoms with Crippen molar-refractivity contribution in [1.29, 1.82) is 5.26 Å². The van der Waals surface area contributed by atoms with Gasteiger partial charge in [-0.05, 0) is 26.9 Å². The van der Waals surface area contributed by atoms with Gasteiger partial charge in [-0.3, -0.25) is 0 Å². The summed E-state index contributed by atoms with van der Waals surface area (Å²) in [4.78, 5) is 2.20. The van der Waals surface area contributed by atoms with Crippen LogP contribution in [-0.4, -0.2) is 25.0 Å². The van der Waals surface area contributed by atoms with Gasteiger partial charge in [0.1, 0.15) is 0 Å². The number of hydrogen-bond donors (Lipinski definition) is 0. The Balaban J connectivity index is 0.000000461. The summed E-state index contributed by atoms with van der Waals surface area (Å²) in [5.41, 5.74) is -0.0608. The normalized spacial score (nSPS) is 30.5. The van der Waals surface area contributed by atoms with Crippen LogP contribution in [0.3, 0.4) is 0 Å². The third-order valence-corrected chi connectivity index (χ3v) is 1.93. The van der Waals surface area contributed by atoms with E-state index in [1.807, 2.05) is 20.8 Å². The van der Waals surface area contributed by atoms with Crippen LogP contribution in [0.1, 0.15) is 27.2 Å². The summed E-state index contributed by atoms with van der Waals surface area (Å²) in [6.07, 6.45) is 1.03. The number of nitriles is 1. The fourth-order valence-electron chi connectivity index (χ4n) is 1.28. The Morgan fingerprint density at radius 2 is 2.00 bits per heavy atom. The fourth-order valence-corrected chi connectivity index (χ4v) is 1.28. The van der Waals surface area contributed by atoms with E-state index in [1.165, 1.54) is 0 Å². The Bertz CT molecular complexity index is 148. The Morgan fingerprint density at radius 3 is 2.18 bits per heavy atom. The first kappa shape index (κ1) is 10.4. The minimum Gasteiger partial charge on any atom is -0.305 e. The van der Waals surface area contributed by atoms with Crippen LogP contribution in [0.4, 0.5) is 0 Å². The monoisotopic (exact) mass is 154 g/mol. The van der Waals surface area contributed by atoms with Crippen molar-refractivity contribution in [1.82, 2.24) is 4.90 Å². The van der Waals surface area contributed by atoms with Crippen molar-refractivity contribution in [3.05, 3.63) is 0 Å². The Kier molecular flexibility index (Phi) is 4.14. The van der Waals surface area contributed by atoms with E-state index in [9.17, 15) is 0 Å². The first-order valence-corrected chi connectivity index (χ1v) is 4.26. The summed E-state index contributed by atoms with van der Waals surface area (Å²) in [5.74, 6) is 0. The second kappa shape index (κ2) is 4.35. The lowest BCUT2D eigenvalue weighted by Crippen LogP contribution is -2.19. The quantitative estimate of drug-likeness (QED) is 0.532. The lowest BCUT2D eigenvalue weighted by atomic mass is 9.92. The maximum atomic E-state index is 8.67. The standard InChI is InChI=1S/C7H12N2.C2H6/c1-7(5-8)3-4-9(2)6-7;1-2/h3-4,6H2,1-2H3;1-2H3. The summed E-state index contributed by atoms with van der Waals surface area (Å²) in [6.45, 7) is 8.03. The summed E-state index contributed by atoms with van der Waals surface area (Å²) in [5, 5.41) is 8.67. The predicted molar refractivity (Wildman–Crippen MR) is 47.2 cm³/mol. The molecule has 0 spiro atoms. The van der Waals surface area contributed by atoms with Crippen molar-refractivity contribution in [2.75, 3.05) is 20.1 Å². The molecule has 1 aliphatic heterocycles. The third kappa shape index (κ3) is 2.90. The Morgan fingerprint density at radius 1 is 1.45 bits per heavy atom. The topological polar surface area (TPSA) is 27.0 Å². The SMILES string of the molecule is CC.CN1CCC(C)(C#N)C1. The minimum atomic E-state index is -0.0608. The molecular formula is C9H18N2. The first-order chi connectivity index (χ1) is 5.16. The van der Waals surface area contributed by atoms with Gasteiger partial charge in [0.2, 0.25) is 0 Å². The highest BCUT2D eigenvalue weighted by Crippen LogP contribution is 2.27. The van der Waals surface area contributed by atoms with E-state index in [1.54, 1.807) is 0 Å². The maximum absolute atomic E-state index is 8.67. The zero-order valence-electron chi connectivity index (χ0n) is 8.02. The highest BCUT2D eigenvalue weighted by atomic mass is 15.1. The molecule has 11 heavy (non-hydrogen) atoms. The summed E-state index contributed by atoms with van der Waals surface area (Å²) in [6, 6.07) is 2.33. The summed E-state index contributed by atoms with van der Waals surface area (Å²) < 4.78 is 0. The highest BCUT2D eigenvalue weighted by molar-refractivity contribution is 5.01. The molecule has 2 nitrogen and oxygen atoms in total. The third-order valence-electron chi connectivity index (χ3n) is 1.93. The van der Waals surface area contributed by atoms with Crippen LogP contribution in [0.25, 0.3) is 0 Å². The van der Waals surface area contributed by atoms with Gasteiger partial charge in [0.15, 0.2) is 0 Å². The van der Waals surface area contributed by atoms with Gasteiger partial charge in [-0.1, -0.05) is 13.8 Å². The molecule has 0 aromatic carbocycles. The molecule has 64 valence electrons. The van der Waals surface area contributed by atoms with Gasteiger partial charge in [-0.15, -0.1) is 0 Å². The van der Waals surface area contributed by atoms with Crippen LogP contribution < -0.4 is 0 Å². The van der Waals surface area contributed by atoms with E-state index in [2.05, 4.69) is 18.0 Å². The van der Waals surface area contributed by atoms with E-state index in [0.29, 0.717) is 0 Å². The van der Waals surface area contributed by atoms with Gasteiger partial charge in [-0.2, -0.15) is 5.26 Å². The number of likely N-dealkylation sites (tertiary alicyclic amines) is 1. The average Bonchev–Trinajstić information content (AvgIpc) is 2.37. The molecule has 0 N–H and O–H groups in total. The van der Waals surface area contributed by atoms with Crippen molar-refractivity contribution in [3.63, 3.8) is 0 Å². The van der Waals surface area contributed by atoms with E-state index in [0.717, 1.165) is 19.5 Å². The fraction of sp³-hybridized carbons (Fsp3) is 0.889. The molecule has 0 aromatic rings. The molecule has 0 bridgehead atoms. The smallest absolute Gasteiger partial charge is 0.0700 e. The van der Waals surface area contributed by atoms with Crippen molar-refractivity contribution < 1.29 is 0 Å². The molecule has 0 aromatic heterocycles. The lowest BCUT2D eigenvalue weighted by Gasteiger charge is -2.12. The van der Waals surface area contributed by atoms with Crippen LogP contribution in [0.5, 0.6) is 0 Å². The van der Waals surface area contributed by atoms with E-state index >= 15 is 0 Å². The molecule has 1 saturated heterocycles. The number of nitrogens with zero attached hydrogens (tertiary/aromatic N) is 2. The molecule has 0 aliphatic carbocycles. The summed E-state index contributed by atoms with van der Waals surface area (Å²) in [7, 11) is 2.06. The molecule has 1 rings (SSSR count). The van der Waals surface area contributed by atoms with E-state index < -0.39 is 0 Å². The second-order valence-corrected chi connectivity index (χ2v) is 3.16. The average molecular weight is 154 g/mol. The molecular weight excluding hydrogens is 136 g/mol. The van der Waals surface area contributed by atoms with Gasteiger partial charge >= 0.3 is 0 Å². The van der Waals surface area contributed by atoms with Gasteiger partial charge in [0, 0.05) is 6.54 Å². The van der Waals surface area contributed by atoms with Crippen LogP contribution in [-0.2, 0) is 0 Å². The van der Waals surface area contributed by atoms with Crippen LogP contribution >= 0.6 is 0 Å². The first-order valence-electron chi connectivity index (χ1n) is 4.26. The minimum absolute atomic E-state index is 0.0608. The van der Waals surface area contributed by atoms with Crippen molar-refractivity contribution in [3.8, 4) is 6.07 Å². The zero-order chi connectivity index (χ0) is 8.91. The molecule has 0 radical (unpaired) electrons. The van der Waals surface area contributed by atoms with Crippen molar-refractivity contribution >= 4 is 0 Å². The van der Waals surface area contributed by atoms with Gasteiger partial charge in [0.25, 0.3) is 0 Å². The Labute approximate surface area is 69.8 Å². The second-order valence-electron chi connectivity index (χ2n) is 3.16. The molecule has 0 saturated carbocycles. The van der Waals surface area contributed by atoms with E-state index in [-0.39, 0.29) is 5.41 Å². The molecule has 1 heterocycles. The molecule has 1 fully saturated rings. The van der Waals surface area contributed by atoms with Gasteiger partial charge in [-0.25, -0.2) is 0 Å². The van der Waals surface area contributed by atoms with Crippen molar-refractivity contribution in [2.45, 2.75) is 27.2 Å². The van der Waals surface area contributed by atoms with Crippen LogP contribution in [0.2, 0.25) is 0 Å². The maximum Gasteiger partial charge on any atom is 0.0700 e. The molecule has 1 aliphatic rings. The van der Waals surface area contributed by atoms with Gasteiger partial charge < -0.3 is 4.90 Å². The number of hydrogen-bond acceptors (Lipinski definition) is 2. The largest absolute Gasteiger partial charge is 0.305 e. The van der Waals surface area contributed by atoms with Crippen molar-refractivity contribution in [2.24, 2.45) is 5.41 Å². The molecule has 1 atom stereocenters. The Hall–Kier alpha value is -0.550. The van der Waals surface area contributed by atoms with Crippen LogP contribution in [0, 0.1) is 16.7 Å². The summed E-state index contributed by atoms with van der Waals surface area (Å²) >= 11 is 0. The molecule has 2 heteroatoms. The molecule has 1 unspecified atom stereocenters. The van der Waals surface area contributed by atoms with Crippen LogP contribution in [0.15, 0.2) is 0 Å². The molecule has 0 amide bonds. The predicted octanol–water partition coefficient (Wildman–Crippen LogP) is 1.88. The lowest BCUT2D eigenvalue weighted by molar-refractivity contribution is 0.371.